The van der Waals surface area contributed by atoms with Crippen LogP contribution in [-0.2, 0) is 13.0 Å². The molecule has 0 atom stereocenters. The Bertz CT molecular complexity index is 1990. The van der Waals surface area contributed by atoms with Crippen LogP contribution in [0.2, 0.25) is 0 Å². The minimum absolute atomic E-state index is 0.105. The van der Waals surface area contributed by atoms with Gasteiger partial charge in [-0.3, -0.25) is 20.0 Å². The number of rotatable bonds is 9. The number of nitrogens with one attached hydrogen (secondary N) is 2. The highest BCUT2D eigenvalue weighted by Gasteiger charge is 2.37. The molecule has 7 rings (SSSR count). The smallest absolute Gasteiger partial charge is 0.261 e. The molecule has 0 radical (unpaired) electrons. The third-order valence-corrected chi connectivity index (χ3v) is 8.45. The molecule has 0 spiro atoms. The van der Waals surface area contributed by atoms with Crippen LogP contribution in [0.5, 0.6) is 0 Å². The topological polar surface area (TPSA) is 76.7 Å². The first kappa shape index (κ1) is 29.2. The van der Waals surface area contributed by atoms with E-state index in [0.29, 0.717) is 18.8 Å². The first-order valence-corrected chi connectivity index (χ1v) is 15.2. The molecule has 7 nitrogen and oxygen atoms in total. The summed E-state index contributed by atoms with van der Waals surface area (Å²) in [6.45, 7) is 1.52. The van der Waals surface area contributed by atoms with Crippen LogP contribution in [0.3, 0.4) is 0 Å². The van der Waals surface area contributed by atoms with E-state index >= 15 is 0 Å². The van der Waals surface area contributed by atoms with Gasteiger partial charge in [0.2, 0.25) is 0 Å². The van der Waals surface area contributed by atoms with E-state index in [2.05, 4.69) is 36.1 Å². The predicted molar refractivity (Wildman–Crippen MR) is 172 cm³/mol. The number of benzene rings is 2. The molecular weight excluding hydrogens is 575 g/mol. The Kier molecular flexibility index (Phi) is 7.63. The van der Waals surface area contributed by atoms with Gasteiger partial charge in [-0.05, 0) is 98.7 Å². The van der Waals surface area contributed by atoms with Crippen molar-refractivity contribution in [2.45, 2.75) is 31.7 Å². The summed E-state index contributed by atoms with van der Waals surface area (Å²) in [4.78, 5) is 16.5. The molecule has 45 heavy (non-hydrogen) atoms. The fourth-order valence-electron chi connectivity index (χ4n) is 6.27. The number of hydrogen-bond donors (Lipinski definition) is 2. The molecule has 1 saturated heterocycles. The van der Waals surface area contributed by atoms with E-state index in [1.165, 1.54) is 6.07 Å². The molecule has 1 aliphatic heterocycles. The minimum atomic E-state index is -2.63. The number of pyridine rings is 2. The molecule has 1 aliphatic rings. The molecule has 0 saturated carbocycles. The fraction of sp³-hybridized carbons (Fsp3) is 0.286. The zero-order valence-corrected chi connectivity index (χ0v) is 25.2. The van der Waals surface area contributed by atoms with E-state index in [-0.39, 0.29) is 18.8 Å². The molecule has 4 aromatic heterocycles. The van der Waals surface area contributed by atoms with Gasteiger partial charge in [0.1, 0.15) is 11.5 Å². The van der Waals surface area contributed by atoms with Gasteiger partial charge < -0.3 is 9.88 Å². The largest absolute Gasteiger partial charge is 0.353 e. The lowest BCUT2D eigenvalue weighted by Crippen LogP contribution is -2.24. The third-order valence-electron chi connectivity index (χ3n) is 8.45. The molecule has 0 amide bonds. The van der Waals surface area contributed by atoms with Gasteiger partial charge >= 0.3 is 0 Å². The lowest BCUT2D eigenvalue weighted by Gasteiger charge is -2.15. The van der Waals surface area contributed by atoms with Crippen LogP contribution < -0.4 is 0 Å². The monoisotopic (exact) mass is 609 g/mol. The standard InChI is InChI=1S/C35H34F3N7/c1-44(2)10-3-4-22-12-25(15-27(36)14-22)33-29-17-32(41-30(29)7-9-40-33)34-28-16-24(5-6-31(28)42-43-34)26-13-23(18-39-19-26)20-45-11-8-35(37,38)21-45/h5-7,9,12-19,41H,3-4,8,10-11,20-21H2,1-2H3,(H,42,43). The number of H-pyrrole nitrogens is 2. The van der Waals surface area contributed by atoms with Crippen LogP contribution in [0.4, 0.5) is 13.2 Å². The van der Waals surface area contributed by atoms with E-state index in [9.17, 15) is 13.2 Å². The van der Waals surface area contributed by atoms with E-state index in [4.69, 9.17) is 0 Å². The fourth-order valence-corrected chi connectivity index (χ4v) is 6.27. The quantitative estimate of drug-likeness (QED) is 0.180. The van der Waals surface area contributed by atoms with Gasteiger partial charge in [0, 0.05) is 65.5 Å². The minimum Gasteiger partial charge on any atom is -0.353 e. The maximum Gasteiger partial charge on any atom is 0.261 e. The number of likely N-dealkylation sites (tertiary alicyclic amines) is 1. The SMILES string of the molecule is CN(C)CCCc1cc(F)cc(-c2nccc3[nH]c(-c4n[nH]c5ccc(-c6cncc(CN7CCC(F)(F)C7)c6)cc45)cc23)c1. The van der Waals surface area contributed by atoms with Crippen molar-refractivity contribution in [2.75, 3.05) is 33.7 Å². The highest BCUT2D eigenvalue weighted by Crippen LogP contribution is 2.35. The van der Waals surface area contributed by atoms with Crippen LogP contribution in [0.1, 0.15) is 24.0 Å². The lowest BCUT2D eigenvalue weighted by atomic mass is 10.0. The van der Waals surface area contributed by atoms with Crippen LogP contribution >= 0.6 is 0 Å². The lowest BCUT2D eigenvalue weighted by molar-refractivity contribution is 0.0115. The molecule has 10 heteroatoms. The van der Waals surface area contributed by atoms with E-state index < -0.39 is 5.92 Å². The van der Waals surface area contributed by atoms with Gasteiger partial charge in [-0.25, -0.2) is 13.2 Å². The maximum atomic E-state index is 14.7. The number of halogens is 3. The maximum absolute atomic E-state index is 14.7. The Labute approximate surface area is 259 Å². The van der Waals surface area contributed by atoms with Crippen molar-refractivity contribution in [2.24, 2.45) is 0 Å². The summed E-state index contributed by atoms with van der Waals surface area (Å²) in [7, 11) is 4.07. The summed E-state index contributed by atoms with van der Waals surface area (Å²) >= 11 is 0. The summed E-state index contributed by atoms with van der Waals surface area (Å²) in [5.74, 6) is -2.90. The summed E-state index contributed by atoms with van der Waals surface area (Å²) in [6.07, 6.45) is 6.88. The Morgan fingerprint density at radius 2 is 1.73 bits per heavy atom. The summed E-state index contributed by atoms with van der Waals surface area (Å²) in [6, 6.07) is 17.2. The Morgan fingerprint density at radius 1 is 0.889 bits per heavy atom. The van der Waals surface area contributed by atoms with E-state index in [0.717, 1.165) is 80.4 Å². The Morgan fingerprint density at radius 3 is 2.56 bits per heavy atom. The van der Waals surface area contributed by atoms with Gasteiger partial charge in [0.15, 0.2) is 0 Å². The number of hydrogen-bond acceptors (Lipinski definition) is 5. The highest BCUT2D eigenvalue weighted by atomic mass is 19.3. The van der Waals surface area contributed by atoms with Crippen molar-refractivity contribution >= 4 is 21.8 Å². The van der Waals surface area contributed by atoms with Crippen molar-refractivity contribution in [1.29, 1.82) is 0 Å². The molecule has 2 N–H and O–H groups in total. The Balaban J connectivity index is 1.20. The number of nitrogens with zero attached hydrogens (tertiary/aromatic N) is 5. The molecule has 0 aliphatic carbocycles. The van der Waals surface area contributed by atoms with Gasteiger partial charge in [0.25, 0.3) is 5.92 Å². The van der Waals surface area contributed by atoms with E-state index in [1.807, 2.05) is 50.5 Å². The average molecular weight is 610 g/mol. The number of alkyl halides is 2. The zero-order chi connectivity index (χ0) is 31.1. The number of aromatic nitrogens is 5. The molecule has 1 fully saturated rings. The van der Waals surface area contributed by atoms with Crippen molar-refractivity contribution in [3.8, 4) is 33.8 Å². The molecule has 6 aromatic rings. The van der Waals surface area contributed by atoms with Crippen LogP contribution in [0.25, 0.3) is 55.6 Å². The second kappa shape index (κ2) is 11.8. The van der Waals surface area contributed by atoms with Gasteiger partial charge in [0.05, 0.1) is 23.4 Å². The van der Waals surface area contributed by atoms with Crippen LogP contribution in [-0.4, -0.2) is 74.6 Å². The van der Waals surface area contributed by atoms with Gasteiger partial charge in [-0.2, -0.15) is 5.10 Å². The molecule has 0 unspecified atom stereocenters. The van der Waals surface area contributed by atoms with Crippen LogP contribution in [0, 0.1) is 5.82 Å². The molecule has 0 bridgehead atoms. The average Bonchev–Trinajstić information content (AvgIpc) is 3.72. The molecule has 230 valence electrons. The van der Waals surface area contributed by atoms with Gasteiger partial charge in [-0.1, -0.05) is 6.07 Å². The van der Waals surface area contributed by atoms with E-state index in [1.54, 1.807) is 29.6 Å². The third kappa shape index (κ3) is 6.21. The predicted octanol–water partition coefficient (Wildman–Crippen LogP) is 7.31. The number of fused-ring (bicyclic) bond motifs is 2. The summed E-state index contributed by atoms with van der Waals surface area (Å²) in [5, 5.41) is 9.58. The number of aromatic amines is 2. The second-order valence-corrected chi connectivity index (χ2v) is 12.3. The number of aryl methyl sites for hydroxylation is 1. The first-order chi connectivity index (χ1) is 21.7. The Hall–Kier alpha value is -4.54. The van der Waals surface area contributed by atoms with Crippen molar-refractivity contribution in [1.82, 2.24) is 34.9 Å². The van der Waals surface area contributed by atoms with Crippen molar-refractivity contribution in [3.63, 3.8) is 0 Å². The zero-order valence-electron chi connectivity index (χ0n) is 25.2. The summed E-state index contributed by atoms with van der Waals surface area (Å²) < 4.78 is 42.2. The van der Waals surface area contributed by atoms with Crippen molar-refractivity contribution in [3.05, 3.63) is 90.1 Å². The van der Waals surface area contributed by atoms with Crippen LogP contribution in [0.15, 0.2) is 73.2 Å². The normalized spacial score (nSPS) is 15.2. The molecular formula is C35H34F3N7. The highest BCUT2D eigenvalue weighted by molar-refractivity contribution is 6.00. The summed E-state index contributed by atoms with van der Waals surface area (Å²) in [5.41, 5.74) is 8.47. The molecule has 2 aromatic carbocycles. The van der Waals surface area contributed by atoms with Crippen molar-refractivity contribution < 1.29 is 13.2 Å². The molecule has 5 heterocycles. The van der Waals surface area contributed by atoms with Gasteiger partial charge in [-0.15, -0.1) is 0 Å². The second-order valence-electron chi connectivity index (χ2n) is 12.3. The first-order valence-electron chi connectivity index (χ1n) is 15.2.